The van der Waals surface area contributed by atoms with E-state index in [0.29, 0.717) is 6.42 Å². The van der Waals surface area contributed by atoms with E-state index in [1.807, 2.05) is 0 Å². The average molecular weight is 365 g/mol. The summed E-state index contributed by atoms with van der Waals surface area (Å²) in [4.78, 5) is 0. The van der Waals surface area contributed by atoms with Crippen molar-refractivity contribution in [3.63, 3.8) is 0 Å². The van der Waals surface area contributed by atoms with Crippen LogP contribution in [0.5, 0.6) is 0 Å². The standard InChI is InChI=1S/C20H41FO2S/c1-2-3-4-5-6-7-8-9-10-11-12-13-14-15-16-17-18-19-20-24(21,22)23/h2-20H2,1H3. The van der Waals surface area contributed by atoms with E-state index >= 15 is 0 Å². The maximum Gasteiger partial charge on any atom is 0.302 e. The van der Waals surface area contributed by atoms with Crippen molar-refractivity contribution in [2.45, 2.75) is 122 Å². The summed E-state index contributed by atoms with van der Waals surface area (Å²) in [6.45, 7) is 2.27. The Bertz CT molecular complexity index is 342. The third-order valence-corrected chi connectivity index (χ3v) is 5.52. The van der Waals surface area contributed by atoms with Crippen LogP contribution in [0, 0.1) is 0 Å². The second-order valence-corrected chi connectivity index (χ2v) is 8.74. The molecule has 146 valence electrons. The summed E-state index contributed by atoms with van der Waals surface area (Å²) in [5.41, 5.74) is 0. The lowest BCUT2D eigenvalue weighted by Gasteiger charge is -2.03. The van der Waals surface area contributed by atoms with Gasteiger partial charge in [-0.15, -0.1) is 3.89 Å². The molecular weight excluding hydrogens is 323 g/mol. The molecule has 0 spiro atoms. The van der Waals surface area contributed by atoms with Gasteiger partial charge < -0.3 is 0 Å². The molecule has 0 fully saturated rings. The second-order valence-electron chi connectivity index (χ2n) is 7.25. The van der Waals surface area contributed by atoms with Gasteiger partial charge in [-0.3, -0.25) is 0 Å². The van der Waals surface area contributed by atoms with Crippen molar-refractivity contribution < 1.29 is 12.3 Å². The topological polar surface area (TPSA) is 34.1 Å². The van der Waals surface area contributed by atoms with E-state index in [-0.39, 0.29) is 5.75 Å². The molecule has 0 aliphatic rings. The van der Waals surface area contributed by atoms with Crippen LogP contribution in [0.3, 0.4) is 0 Å². The molecule has 0 heterocycles. The number of hydrogen-bond acceptors (Lipinski definition) is 2. The molecule has 0 bridgehead atoms. The Morgan fingerprint density at radius 1 is 0.500 bits per heavy atom. The van der Waals surface area contributed by atoms with Crippen molar-refractivity contribution in [3.05, 3.63) is 0 Å². The van der Waals surface area contributed by atoms with Crippen LogP contribution in [0.4, 0.5) is 3.89 Å². The number of halogens is 1. The first kappa shape index (κ1) is 23.9. The minimum atomic E-state index is -4.25. The molecule has 24 heavy (non-hydrogen) atoms. The summed E-state index contributed by atoms with van der Waals surface area (Å²) in [7, 11) is -4.25. The SMILES string of the molecule is CCCCCCCCCCCCCCCCCCCCS(=O)(=O)F. The molecule has 0 aromatic carbocycles. The summed E-state index contributed by atoms with van der Waals surface area (Å²) < 4.78 is 32.9. The van der Waals surface area contributed by atoms with Crippen molar-refractivity contribution >= 4 is 10.2 Å². The largest absolute Gasteiger partial charge is 0.302 e. The van der Waals surface area contributed by atoms with Crippen LogP contribution in [0.2, 0.25) is 0 Å². The molecule has 0 aliphatic carbocycles. The van der Waals surface area contributed by atoms with E-state index in [9.17, 15) is 12.3 Å². The van der Waals surface area contributed by atoms with Crippen LogP contribution >= 0.6 is 0 Å². The van der Waals surface area contributed by atoms with Crippen LogP contribution in [0.25, 0.3) is 0 Å². The highest BCUT2D eigenvalue weighted by Crippen LogP contribution is 2.14. The summed E-state index contributed by atoms with van der Waals surface area (Å²) >= 11 is 0. The van der Waals surface area contributed by atoms with E-state index in [4.69, 9.17) is 0 Å². The monoisotopic (exact) mass is 364 g/mol. The minimum absolute atomic E-state index is 0.300. The fourth-order valence-corrected chi connectivity index (χ4v) is 3.73. The lowest BCUT2D eigenvalue weighted by molar-refractivity contribution is 0.524. The summed E-state index contributed by atoms with van der Waals surface area (Å²) in [6, 6.07) is 0. The molecule has 0 atom stereocenters. The van der Waals surface area contributed by atoms with Crippen molar-refractivity contribution in [1.82, 2.24) is 0 Å². The molecule has 0 saturated carbocycles. The van der Waals surface area contributed by atoms with Crippen LogP contribution in [0.15, 0.2) is 0 Å². The minimum Gasteiger partial charge on any atom is -0.195 e. The van der Waals surface area contributed by atoms with E-state index in [1.165, 1.54) is 89.9 Å². The molecule has 0 rings (SSSR count). The maximum atomic E-state index is 12.3. The highest BCUT2D eigenvalue weighted by Gasteiger charge is 2.05. The van der Waals surface area contributed by atoms with Crippen LogP contribution in [-0.4, -0.2) is 14.2 Å². The molecule has 0 N–H and O–H groups in total. The average Bonchev–Trinajstić information content (AvgIpc) is 2.52. The molecular formula is C20H41FO2S. The van der Waals surface area contributed by atoms with Gasteiger partial charge in [0.1, 0.15) is 0 Å². The maximum absolute atomic E-state index is 12.3. The van der Waals surface area contributed by atoms with Gasteiger partial charge in [0.05, 0.1) is 5.75 Å². The Morgan fingerprint density at radius 2 is 0.750 bits per heavy atom. The lowest BCUT2D eigenvalue weighted by Crippen LogP contribution is -1.97. The highest BCUT2D eigenvalue weighted by atomic mass is 32.3. The van der Waals surface area contributed by atoms with Gasteiger partial charge >= 0.3 is 10.2 Å². The summed E-state index contributed by atoms with van der Waals surface area (Å²) in [6.07, 6.45) is 22.8. The Hall–Kier alpha value is -0.120. The first-order chi connectivity index (χ1) is 11.6. The van der Waals surface area contributed by atoms with Gasteiger partial charge in [0.2, 0.25) is 0 Å². The van der Waals surface area contributed by atoms with Crippen molar-refractivity contribution in [2.24, 2.45) is 0 Å². The van der Waals surface area contributed by atoms with Crippen molar-refractivity contribution in [3.8, 4) is 0 Å². The first-order valence-corrected chi connectivity index (χ1v) is 12.0. The Kier molecular flexibility index (Phi) is 17.6. The zero-order valence-electron chi connectivity index (χ0n) is 16.0. The number of unbranched alkanes of at least 4 members (excludes halogenated alkanes) is 17. The normalized spacial score (nSPS) is 11.9. The fourth-order valence-electron chi connectivity index (χ4n) is 3.18. The molecule has 0 amide bonds. The Balaban J connectivity index is 3.03. The van der Waals surface area contributed by atoms with E-state index in [1.54, 1.807) is 0 Å². The zero-order valence-corrected chi connectivity index (χ0v) is 16.9. The molecule has 0 aliphatic heterocycles. The van der Waals surface area contributed by atoms with E-state index in [0.717, 1.165) is 19.3 Å². The van der Waals surface area contributed by atoms with Crippen molar-refractivity contribution in [2.75, 3.05) is 5.75 Å². The van der Waals surface area contributed by atoms with Crippen LogP contribution in [0.1, 0.15) is 122 Å². The van der Waals surface area contributed by atoms with Crippen molar-refractivity contribution in [1.29, 1.82) is 0 Å². The predicted octanol–water partition coefficient (Wildman–Crippen LogP) is 7.33. The quantitative estimate of drug-likeness (QED) is 0.178. The van der Waals surface area contributed by atoms with Gasteiger partial charge in [0.15, 0.2) is 0 Å². The number of rotatable bonds is 19. The van der Waals surface area contributed by atoms with E-state index < -0.39 is 10.2 Å². The first-order valence-electron chi connectivity index (χ1n) is 10.5. The zero-order chi connectivity index (χ0) is 17.9. The van der Waals surface area contributed by atoms with E-state index in [2.05, 4.69) is 6.92 Å². The van der Waals surface area contributed by atoms with Gasteiger partial charge in [-0.05, 0) is 6.42 Å². The van der Waals surface area contributed by atoms with Gasteiger partial charge in [0.25, 0.3) is 0 Å². The number of hydrogen-bond donors (Lipinski definition) is 0. The van der Waals surface area contributed by atoms with Crippen LogP contribution < -0.4 is 0 Å². The molecule has 2 nitrogen and oxygen atoms in total. The third kappa shape index (κ3) is 21.9. The lowest BCUT2D eigenvalue weighted by atomic mass is 10.0. The molecule has 0 saturated heterocycles. The molecule has 0 aromatic heterocycles. The van der Waals surface area contributed by atoms with Gasteiger partial charge in [0, 0.05) is 0 Å². The van der Waals surface area contributed by atoms with Crippen LogP contribution in [-0.2, 0) is 10.2 Å². The summed E-state index contributed by atoms with van der Waals surface area (Å²) in [5, 5.41) is 0. The molecule has 0 aromatic rings. The fraction of sp³-hybridized carbons (Fsp3) is 1.00. The second kappa shape index (κ2) is 17.7. The molecule has 0 unspecified atom stereocenters. The van der Waals surface area contributed by atoms with Gasteiger partial charge in [-0.25, -0.2) is 0 Å². The Morgan fingerprint density at radius 3 is 1.00 bits per heavy atom. The predicted molar refractivity (Wildman–Crippen MR) is 104 cm³/mol. The Labute approximate surface area is 151 Å². The van der Waals surface area contributed by atoms with Gasteiger partial charge in [-0.1, -0.05) is 116 Å². The van der Waals surface area contributed by atoms with Gasteiger partial charge in [-0.2, -0.15) is 8.42 Å². The third-order valence-electron chi connectivity index (χ3n) is 4.74. The molecule has 4 heteroatoms. The molecule has 0 radical (unpaired) electrons. The summed E-state index contributed by atoms with van der Waals surface area (Å²) in [5.74, 6) is -0.300. The highest BCUT2D eigenvalue weighted by molar-refractivity contribution is 7.86. The smallest absolute Gasteiger partial charge is 0.195 e.